The molecule has 3 N–H and O–H groups in total. The molecule has 0 aliphatic heterocycles. The van der Waals surface area contributed by atoms with Crippen LogP contribution in [0.3, 0.4) is 0 Å². The van der Waals surface area contributed by atoms with Crippen LogP contribution < -0.4 is 10.6 Å². The lowest BCUT2D eigenvalue weighted by atomic mass is 10.1. The van der Waals surface area contributed by atoms with Crippen LogP contribution in [-0.4, -0.2) is 47.6 Å². The number of carboxylic acids is 1. The second kappa shape index (κ2) is 9.11. The van der Waals surface area contributed by atoms with Gasteiger partial charge in [0.2, 0.25) is 0 Å². The van der Waals surface area contributed by atoms with Crippen LogP contribution >= 0.6 is 11.3 Å². The second-order valence-corrected chi connectivity index (χ2v) is 5.38. The first-order valence-electron chi connectivity index (χ1n) is 6.75. The summed E-state index contributed by atoms with van der Waals surface area (Å²) in [4.78, 5) is 38.4. The summed E-state index contributed by atoms with van der Waals surface area (Å²) in [6.07, 6.45) is 1.90. The van der Waals surface area contributed by atoms with Crippen molar-refractivity contribution in [3.05, 3.63) is 11.1 Å². The van der Waals surface area contributed by atoms with Gasteiger partial charge in [0, 0.05) is 12.5 Å². The molecule has 0 fully saturated rings. The van der Waals surface area contributed by atoms with Crippen LogP contribution in [0, 0.1) is 0 Å². The van der Waals surface area contributed by atoms with Gasteiger partial charge in [-0.3, -0.25) is 14.9 Å². The van der Waals surface area contributed by atoms with Gasteiger partial charge in [-0.15, -0.1) is 11.3 Å². The Bertz CT molecular complexity index is 532. The number of carbonyl (C=O) groups is 3. The van der Waals surface area contributed by atoms with Gasteiger partial charge < -0.3 is 15.2 Å². The summed E-state index contributed by atoms with van der Waals surface area (Å²) < 4.78 is 4.67. The Labute approximate surface area is 131 Å². The SMILES string of the molecule is CCCCC(NC(=O)c1csc(NC(=O)COC)n1)C(=O)O. The molecule has 9 heteroatoms. The lowest BCUT2D eigenvalue weighted by Gasteiger charge is -2.12. The number of unbranched alkanes of at least 4 members (excludes halogenated alkanes) is 1. The van der Waals surface area contributed by atoms with E-state index >= 15 is 0 Å². The van der Waals surface area contributed by atoms with E-state index in [9.17, 15) is 14.4 Å². The number of rotatable bonds is 9. The van der Waals surface area contributed by atoms with Crippen molar-refractivity contribution in [1.82, 2.24) is 10.3 Å². The number of anilines is 1. The molecule has 0 bridgehead atoms. The van der Waals surface area contributed by atoms with Crippen molar-refractivity contribution < 1.29 is 24.2 Å². The van der Waals surface area contributed by atoms with Gasteiger partial charge in [0.25, 0.3) is 11.8 Å². The number of hydrogen-bond donors (Lipinski definition) is 3. The minimum absolute atomic E-state index is 0.0699. The highest BCUT2D eigenvalue weighted by atomic mass is 32.1. The highest BCUT2D eigenvalue weighted by molar-refractivity contribution is 7.14. The normalized spacial score (nSPS) is 11.7. The monoisotopic (exact) mass is 329 g/mol. The van der Waals surface area contributed by atoms with E-state index in [1.807, 2.05) is 6.92 Å². The second-order valence-electron chi connectivity index (χ2n) is 4.53. The fourth-order valence-corrected chi connectivity index (χ4v) is 2.33. The maximum Gasteiger partial charge on any atom is 0.326 e. The van der Waals surface area contributed by atoms with E-state index in [0.717, 1.165) is 17.8 Å². The number of nitrogens with one attached hydrogen (secondary N) is 2. The van der Waals surface area contributed by atoms with E-state index < -0.39 is 17.9 Å². The summed E-state index contributed by atoms with van der Waals surface area (Å²) in [6, 6.07) is -0.944. The molecule has 0 radical (unpaired) electrons. The van der Waals surface area contributed by atoms with Crippen molar-refractivity contribution in [3.8, 4) is 0 Å². The number of aromatic nitrogens is 1. The van der Waals surface area contributed by atoms with Gasteiger partial charge in [-0.1, -0.05) is 19.8 Å². The number of aliphatic carboxylic acids is 1. The maximum atomic E-state index is 12.0. The number of thiazole rings is 1. The first-order chi connectivity index (χ1) is 10.5. The van der Waals surface area contributed by atoms with Gasteiger partial charge in [0.1, 0.15) is 18.3 Å². The summed E-state index contributed by atoms with van der Waals surface area (Å²) in [7, 11) is 1.39. The highest BCUT2D eigenvalue weighted by Crippen LogP contribution is 2.15. The van der Waals surface area contributed by atoms with E-state index in [2.05, 4.69) is 20.4 Å². The average molecular weight is 329 g/mol. The number of hydrogen-bond acceptors (Lipinski definition) is 6. The van der Waals surface area contributed by atoms with Crippen LogP contribution in [0.25, 0.3) is 0 Å². The van der Waals surface area contributed by atoms with Gasteiger partial charge in [0.05, 0.1) is 0 Å². The summed E-state index contributed by atoms with van der Waals surface area (Å²) >= 11 is 1.08. The number of carboxylic acid groups (broad SMARTS) is 1. The molecule has 1 unspecified atom stereocenters. The molecule has 1 aromatic rings. The molecule has 1 rings (SSSR count). The predicted molar refractivity (Wildman–Crippen MR) is 81.0 cm³/mol. The van der Waals surface area contributed by atoms with Crippen molar-refractivity contribution in [2.45, 2.75) is 32.2 Å². The van der Waals surface area contributed by atoms with Crippen molar-refractivity contribution in [3.63, 3.8) is 0 Å². The molecule has 1 atom stereocenters. The van der Waals surface area contributed by atoms with Crippen LogP contribution in [0.1, 0.15) is 36.7 Å². The molecular weight excluding hydrogens is 310 g/mol. The lowest BCUT2D eigenvalue weighted by molar-refractivity contribution is -0.139. The Morgan fingerprint density at radius 3 is 2.77 bits per heavy atom. The first kappa shape index (κ1) is 18.1. The molecule has 2 amide bonds. The zero-order chi connectivity index (χ0) is 16.5. The van der Waals surface area contributed by atoms with Crippen LogP contribution in [0.15, 0.2) is 5.38 Å². The molecule has 0 aliphatic rings. The van der Waals surface area contributed by atoms with Crippen LogP contribution in [0.5, 0.6) is 0 Å². The lowest BCUT2D eigenvalue weighted by Crippen LogP contribution is -2.40. The third-order valence-electron chi connectivity index (χ3n) is 2.71. The molecule has 8 nitrogen and oxygen atoms in total. The molecule has 0 saturated heterocycles. The largest absolute Gasteiger partial charge is 0.480 e. The Morgan fingerprint density at radius 2 is 2.18 bits per heavy atom. The molecule has 1 aromatic heterocycles. The maximum absolute atomic E-state index is 12.0. The minimum atomic E-state index is -1.08. The first-order valence-corrected chi connectivity index (χ1v) is 7.63. The van der Waals surface area contributed by atoms with Crippen LogP contribution in [0.2, 0.25) is 0 Å². The fraction of sp³-hybridized carbons (Fsp3) is 0.538. The fourth-order valence-electron chi connectivity index (χ4n) is 1.62. The van der Waals surface area contributed by atoms with E-state index in [1.165, 1.54) is 12.5 Å². The van der Waals surface area contributed by atoms with Gasteiger partial charge >= 0.3 is 5.97 Å². The average Bonchev–Trinajstić information content (AvgIpc) is 2.91. The van der Waals surface area contributed by atoms with E-state index in [-0.39, 0.29) is 23.3 Å². The Morgan fingerprint density at radius 1 is 1.45 bits per heavy atom. The Hall–Kier alpha value is -2.00. The van der Waals surface area contributed by atoms with Crippen molar-refractivity contribution in [1.29, 1.82) is 0 Å². The molecule has 0 saturated carbocycles. The van der Waals surface area contributed by atoms with Gasteiger partial charge in [0.15, 0.2) is 5.13 Å². The molecule has 1 heterocycles. The number of nitrogens with zero attached hydrogens (tertiary/aromatic N) is 1. The summed E-state index contributed by atoms with van der Waals surface area (Å²) in [5.41, 5.74) is 0.0699. The van der Waals surface area contributed by atoms with E-state index in [4.69, 9.17) is 5.11 Å². The summed E-state index contributed by atoms with van der Waals surface area (Å²) in [5.74, 6) is -2.03. The van der Waals surface area contributed by atoms with Gasteiger partial charge in [-0.25, -0.2) is 9.78 Å². The minimum Gasteiger partial charge on any atom is -0.480 e. The molecule has 0 spiro atoms. The standard InChI is InChI=1S/C13H19N3O5S/c1-3-4-5-8(12(19)20)14-11(18)9-7-22-13(15-9)16-10(17)6-21-2/h7-8H,3-6H2,1-2H3,(H,14,18)(H,19,20)(H,15,16,17). The number of ether oxygens (including phenoxy) is 1. The van der Waals surface area contributed by atoms with Crippen LogP contribution in [-0.2, 0) is 14.3 Å². The Balaban J connectivity index is 2.63. The number of methoxy groups -OCH3 is 1. The van der Waals surface area contributed by atoms with E-state index in [1.54, 1.807) is 0 Å². The number of amides is 2. The van der Waals surface area contributed by atoms with Crippen molar-refractivity contribution in [2.75, 3.05) is 19.0 Å². The molecule has 122 valence electrons. The van der Waals surface area contributed by atoms with Gasteiger partial charge in [-0.05, 0) is 6.42 Å². The highest BCUT2D eigenvalue weighted by Gasteiger charge is 2.21. The molecule has 0 aliphatic carbocycles. The third kappa shape index (κ3) is 5.78. The van der Waals surface area contributed by atoms with Crippen molar-refractivity contribution in [2.24, 2.45) is 0 Å². The number of carbonyl (C=O) groups excluding carboxylic acids is 2. The van der Waals surface area contributed by atoms with Crippen LogP contribution in [0.4, 0.5) is 5.13 Å². The van der Waals surface area contributed by atoms with Crippen molar-refractivity contribution >= 4 is 34.3 Å². The molecular formula is C13H19N3O5S. The summed E-state index contributed by atoms with van der Waals surface area (Å²) in [5, 5.41) is 15.7. The summed E-state index contributed by atoms with van der Waals surface area (Å²) in [6.45, 7) is 1.83. The topological polar surface area (TPSA) is 118 Å². The molecule has 0 aromatic carbocycles. The van der Waals surface area contributed by atoms with E-state index in [0.29, 0.717) is 12.8 Å². The van der Waals surface area contributed by atoms with Gasteiger partial charge in [-0.2, -0.15) is 0 Å². The third-order valence-corrected chi connectivity index (χ3v) is 3.47. The quantitative estimate of drug-likeness (QED) is 0.624. The predicted octanol–water partition coefficient (Wildman–Crippen LogP) is 1.10. The Kier molecular flexibility index (Phi) is 7.47. The zero-order valence-electron chi connectivity index (χ0n) is 12.4. The zero-order valence-corrected chi connectivity index (χ0v) is 13.2. The smallest absolute Gasteiger partial charge is 0.326 e. The molecule has 22 heavy (non-hydrogen) atoms.